The highest BCUT2D eigenvalue weighted by Gasteiger charge is 2.35. The van der Waals surface area contributed by atoms with Crippen LogP contribution in [0, 0.1) is 23.0 Å². The number of aromatic nitrogens is 3. The van der Waals surface area contributed by atoms with Gasteiger partial charge in [-0.2, -0.15) is 5.26 Å². The van der Waals surface area contributed by atoms with E-state index in [2.05, 4.69) is 22.4 Å². The molecule has 4 heterocycles. The molecule has 0 spiro atoms. The van der Waals surface area contributed by atoms with Crippen molar-refractivity contribution in [3.8, 4) is 17.2 Å². The molecule has 11 heteroatoms. The Hall–Kier alpha value is -4.59. The molecule has 0 aliphatic carbocycles. The third kappa shape index (κ3) is 4.77. The quantitative estimate of drug-likeness (QED) is 0.192. The van der Waals surface area contributed by atoms with Crippen LogP contribution in [0.2, 0.25) is 5.02 Å². The molecule has 46 heavy (non-hydrogen) atoms. The van der Waals surface area contributed by atoms with Crippen molar-refractivity contribution in [3.05, 3.63) is 78.1 Å². The standard InChI is InChI=1S/C35H32ClF2N7O/c1-4-29(46)44-14-12-21(15-20(44)11-13-39)45-19-40-33-34(45)26-16-27(36)30(25-9-10-28(37)24-8-6-5-7-23(24)25)31(38)32(26)41-35(33)43-17-22(18-43)42(2)3/h4-10,16,19-22H,1,11-12,14-15,17-18H2,2-3H3/t20-,21+/m1/s1. The highest BCUT2D eigenvalue weighted by molar-refractivity contribution is 6.35. The summed E-state index contributed by atoms with van der Waals surface area (Å²) in [6.07, 6.45) is 4.37. The number of pyridine rings is 1. The topological polar surface area (TPSA) is 81.3 Å². The van der Waals surface area contributed by atoms with Gasteiger partial charge in [0, 0.05) is 54.1 Å². The van der Waals surface area contributed by atoms with Crippen molar-refractivity contribution < 1.29 is 13.6 Å². The number of nitrogens with zero attached hydrogens (tertiary/aromatic N) is 7. The lowest BCUT2D eigenvalue weighted by atomic mass is 9.94. The van der Waals surface area contributed by atoms with E-state index in [1.54, 1.807) is 47.6 Å². The molecule has 0 radical (unpaired) electrons. The molecular formula is C35H32ClF2N7O. The summed E-state index contributed by atoms with van der Waals surface area (Å²) < 4.78 is 33.7. The van der Waals surface area contributed by atoms with Gasteiger partial charge in [-0.05, 0) is 56.1 Å². The number of rotatable bonds is 6. The van der Waals surface area contributed by atoms with E-state index in [0.717, 1.165) is 0 Å². The van der Waals surface area contributed by atoms with Crippen molar-refractivity contribution in [2.24, 2.45) is 0 Å². The molecule has 0 saturated carbocycles. The third-order valence-electron chi connectivity index (χ3n) is 9.57. The van der Waals surface area contributed by atoms with E-state index in [-0.39, 0.29) is 40.5 Å². The number of halogens is 3. The Morgan fingerprint density at radius 1 is 1.15 bits per heavy atom. The molecule has 0 N–H and O–H groups in total. The Labute approximate surface area is 270 Å². The van der Waals surface area contributed by atoms with E-state index in [9.17, 15) is 14.4 Å². The smallest absolute Gasteiger partial charge is 0.246 e. The normalized spacial score (nSPS) is 18.8. The number of imidazole rings is 1. The number of fused-ring (bicyclic) bond motifs is 4. The summed E-state index contributed by atoms with van der Waals surface area (Å²) in [4.78, 5) is 28.3. The van der Waals surface area contributed by atoms with Crippen molar-refractivity contribution >= 4 is 56.0 Å². The molecule has 2 aromatic heterocycles. The summed E-state index contributed by atoms with van der Waals surface area (Å²) in [6, 6.07) is 13.7. The van der Waals surface area contributed by atoms with Gasteiger partial charge in [0.15, 0.2) is 11.6 Å². The Balaban J connectivity index is 1.43. The summed E-state index contributed by atoms with van der Waals surface area (Å²) >= 11 is 6.92. The Morgan fingerprint density at radius 3 is 2.63 bits per heavy atom. The van der Waals surface area contributed by atoms with Crippen molar-refractivity contribution in [2.75, 3.05) is 38.6 Å². The number of carbonyl (C=O) groups is 1. The van der Waals surface area contributed by atoms with Gasteiger partial charge in [0.25, 0.3) is 0 Å². The lowest BCUT2D eigenvalue weighted by Crippen LogP contribution is -2.57. The van der Waals surface area contributed by atoms with Crippen molar-refractivity contribution in [2.45, 2.75) is 37.4 Å². The van der Waals surface area contributed by atoms with Crippen molar-refractivity contribution in [1.82, 2.24) is 24.3 Å². The minimum atomic E-state index is -0.589. The van der Waals surface area contributed by atoms with Crippen LogP contribution in [0.1, 0.15) is 25.3 Å². The fourth-order valence-electron chi connectivity index (χ4n) is 7.02. The van der Waals surface area contributed by atoms with Gasteiger partial charge in [-0.3, -0.25) is 4.79 Å². The minimum Gasteiger partial charge on any atom is -0.351 e. The monoisotopic (exact) mass is 639 g/mol. The molecule has 8 nitrogen and oxygen atoms in total. The molecule has 0 bridgehead atoms. The Bertz CT molecular complexity index is 2080. The van der Waals surface area contributed by atoms with E-state index in [4.69, 9.17) is 21.6 Å². The van der Waals surface area contributed by atoms with Crippen LogP contribution >= 0.6 is 11.6 Å². The number of hydrogen-bond donors (Lipinski definition) is 0. The maximum absolute atomic E-state index is 17.0. The SMILES string of the molecule is C=CC(=O)N1CC[C@H](n2cnc3c(N4CC(N(C)C)C4)nc4c(F)c(-c5ccc(F)c6ccccc56)c(Cl)cc4c32)C[C@H]1CC#N. The summed E-state index contributed by atoms with van der Waals surface area (Å²) in [5.41, 5.74) is 2.14. The summed E-state index contributed by atoms with van der Waals surface area (Å²) in [6.45, 7) is 5.50. The van der Waals surface area contributed by atoms with Crippen LogP contribution in [0.15, 0.2) is 61.4 Å². The summed E-state index contributed by atoms with van der Waals surface area (Å²) in [5, 5.41) is 11.2. The number of carbonyl (C=O) groups excluding carboxylic acids is 1. The lowest BCUT2D eigenvalue weighted by molar-refractivity contribution is -0.130. The van der Waals surface area contributed by atoms with Gasteiger partial charge in [0.1, 0.15) is 16.9 Å². The van der Waals surface area contributed by atoms with Gasteiger partial charge < -0.3 is 19.3 Å². The zero-order valence-electron chi connectivity index (χ0n) is 25.6. The van der Waals surface area contributed by atoms with Gasteiger partial charge >= 0.3 is 0 Å². The first-order valence-electron chi connectivity index (χ1n) is 15.3. The van der Waals surface area contributed by atoms with E-state index in [1.807, 2.05) is 18.7 Å². The maximum atomic E-state index is 17.0. The van der Waals surface area contributed by atoms with E-state index in [1.165, 1.54) is 12.1 Å². The van der Waals surface area contributed by atoms with Crippen molar-refractivity contribution in [3.63, 3.8) is 0 Å². The van der Waals surface area contributed by atoms with Crippen molar-refractivity contribution in [1.29, 1.82) is 5.26 Å². The number of likely N-dealkylation sites (N-methyl/N-ethyl adjacent to an activating group) is 1. The number of piperidine rings is 1. The number of nitriles is 1. The van der Waals surface area contributed by atoms with Crippen LogP contribution in [0.4, 0.5) is 14.6 Å². The second-order valence-electron chi connectivity index (χ2n) is 12.3. The van der Waals surface area contributed by atoms with E-state index in [0.29, 0.717) is 77.1 Å². The second kappa shape index (κ2) is 11.6. The van der Waals surface area contributed by atoms with Crippen LogP contribution in [-0.4, -0.2) is 76.1 Å². The number of benzene rings is 3. The number of likely N-dealkylation sites (tertiary alicyclic amines) is 1. The number of amides is 1. The second-order valence-corrected chi connectivity index (χ2v) is 12.7. The maximum Gasteiger partial charge on any atom is 0.246 e. The summed E-state index contributed by atoms with van der Waals surface area (Å²) in [5.74, 6) is -0.600. The predicted molar refractivity (Wildman–Crippen MR) is 177 cm³/mol. The van der Waals surface area contributed by atoms with Gasteiger partial charge in [0.2, 0.25) is 5.91 Å². The average molecular weight is 640 g/mol. The van der Waals surface area contributed by atoms with Crippen LogP contribution in [0.5, 0.6) is 0 Å². The molecule has 2 fully saturated rings. The molecule has 2 atom stereocenters. The molecule has 2 aliphatic rings. The zero-order valence-corrected chi connectivity index (χ0v) is 26.3. The first kappa shape index (κ1) is 30.1. The molecule has 1 amide bonds. The van der Waals surface area contributed by atoms with E-state index >= 15 is 4.39 Å². The van der Waals surface area contributed by atoms with Gasteiger partial charge in [-0.15, -0.1) is 0 Å². The van der Waals surface area contributed by atoms with Crippen LogP contribution < -0.4 is 4.90 Å². The molecule has 2 aliphatic heterocycles. The van der Waals surface area contributed by atoms with Gasteiger partial charge in [-0.25, -0.2) is 18.7 Å². The molecule has 0 unspecified atom stereocenters. The fraction of sp³-hybridized carbons (Fsp3) is 0.314. The highest BCUT2D eigenvalue weighted by atomic mass is 35.5. The predicted octanol–water partition coefficient (Wildman–Crippen LogP) is 6.72. The molecule has 5 aromatic rings. The van der Waals surface area contributed by atoms with Crippen LogP contribution in [-0.2, 0) is 4.79 Å². The Morgan fingerprint density at radius 2 is 1.91 bits per heavy atom. The van der Waals surface area contributed by atoms with Crippen LogP contribution in [0.25, 0.3) is 43.8 Å². The first-order valence-corrected chi connectivity index (χ1v) is 15.7. The third-order valence-corrected chi connectivity index (χ3v) is 9.87. The minimum absolute atomic E-state index is 0.107. The largest absolute Gasteiger partial charge is 0.351 e. The average Bonchev–Trinajstić information content (AvgIpc) is 3.47. The molecule has 7 rings (SSSR count). The molecule has 2 saturated heterocycles. The molecule has 234 valence electrons. The number of hydrogen-bond acceptors (Lipinski definition) is 6. The lowest BCUT2D eigenvalue weighted by Gasteiger charge is -2.43. The van der Waals surface area contributed by atoms with Crippen LogP contribution in [0.3, 0.4) is 0 Å². The highest BCUT2D eigenvalue weighted by Crippen LogP contribution is 2.44. The zero-order chi connectivity index (χ0) is 32.3. The molecular weight excluding hydrogens is 608 g/mol. The fourth-order valence-corrected chi connectivity index (χ4v) is 7.31. The van der Waals surface area contributed by atoms with Gasteiger partial charge in [0.05, 0.1) is 29.4 Å². The number of anilines is 1. The molecule has 3 aromatic carbocycles. The Kier molecular flexibility index (Phi) is 7.62. The van der Waals surface area contributed by atoms with E-state index < -0.39 is 11.6 Å². The first-order chi connectivity index (χ1) is 22.2. The van der Waals surface area contributed by atoms with Gasteiger partial charge in [-0.1, -0.05) is 48.5 Å². The summed E-state index contributed by atoms with van der Waals surface area (Å²) in [7, 11) is 4.06.